The van der Waals surface area contributed by atoms with Crippen molar-refractivity contribution in [1.82, 2.24) is 9.21 Å². The minimum Gasteiger partial charge on any atom is -0.478 e. The first kappa shape index (κ1) is 16.5. The van der Waals surface area contributed by atoms with E-state index >= 15 is 0 Å². The van der Waals surface area contributed by atoms with Crippen molar-refractivity contribution in [1.29, 1.82) is 0 Å². The van der Waals surface area contributed by atoms with Gasteiger partial charge < -0.3 is 10.0 Å². The third-order valence-electron chi connectivity index (χ3n) is 2.72. The summed E-state index contributed by atoms with van der Waals surface area (Å²) in [4.78, 5) is 12.3. The number of aromatic carboxylic acids is 1. The number of carboxylic acid groups (broad SMARTS) is 1. The van der Waals surface area contributed by atoms with Crippen molar-refractivity contribution in [2.45, 2.75) is 4.90 Å². The molecular weight excluding hydrogens is 287 g/mol. The summed E-state index contributed by atoms with van der Waals surface area (Å²) in [6.07, 6.45) is 0. The van der Waals surface area contributed by atoms with Gasteiger partial charge in [-0.3, -0.25) is 0 Å². The Bertz CT molecular complexity index is 601. The SMILES string of the molecule is CN(C)CCN(C)S(=O)(=O)c1cc(F)ccc1C(=O)O. The zero-order valence-corrected chi connectivity index (χ0v) is 12.3. The average molecular weight is 304 g/mol. The van der Waals surface area contributed by atoms with E-state index in [2.05, 4.69) is 0 Å². The molecule has 112 valence electrons. The molecule has 0 unspecified atom stereocenters. The van der Waals surface area contributed by atoms with Crippen molar-refractivity contribution in [3.63, 3.8) is 0 Å². The maximum absolute atomic E-state index is 13.2. The zero-order valence-electron chi connectivity index (χ0n) is 11.5. The molecule has 1 aromatic rings. The van der Waals surface area contributed by atoms with Crippen LogP contribution < -0.4 is 0 Å². The molecular formula is C12H17FN2O4S. The van der Waals surface area contributed by atoms with E-state index in [9.17, 15) is 17.6 Å². The van der Waals surface area contributed by atoms with Gasteiger partial charge in [-0.15, -0.1) is 0 Å². The highest BCUT2D eigenvalue weighted by Gasteiger charge is 2.27. The summed E-state index contributed by atoms with van der Waals surface area (Å²) in [5.41, 5.74) is -0.442. The molecule has 0 aliphatic heterocycles. The van der Waals surface area contributed by atoms with Crippen LogP contribution in [0.3, 0.4) is 0 Å². The zero-order chi connectivity index (χ0) is 15.5. The summed E-state index contributed by atoms with van der Waals surface area (Å²) in [6.45, 7) is 0.637. The second-order valence-electron chi connectivity index (χ2n) is 4.58. The van der Waals surface area contributed by atoms with Crippen LogP contribution in [0.5, 0.6) is 0 Å². The number of halogens is 1. The van der Waals surface area contributed by atoms with Crippen LogP contribution in [0, 0.1) is 5.82 Å². The molecule has 0 amide bonds. The predicted molar refractivity (Wildman–Crippen MR) is 71.7 cm³/mol. The van der Waals surface area contributed by atoms with Gasteiger partial charge in [-0.05, 0) is 32.3 Å². The summed E-state index contributed by atoms with van der Waals surface area (Å²) in [5.74, 6) is -2.21. The van der Waals surface area contributed by atoms with Crippen LogP contribution in [0.4, 0.5) is 4.39 Å². The van der Waals surface area contributed by atoms with Crippen LogP contribution in [0.2, 0.25) is 0 Å². The summed E-state index contributed by atoms with van der Waals surface area (Å²) in [6, 6.07) is 2.59. The van der Waals surface area contributed by atoms with Gasteiger partial charge in [0.2, 0.25) is 10.0 Å². The second kappa shape index (κ2) is 6.29. The van der Waals surface area contributed by atoms with Crippen LogP contribution in [-0.4, -0.2) is 62.9 Å². The van der Waals surface area contributed by atoms with E-state index in [1.54, 1.807) is 19.0 Å². The summed E-state index contributed by atoms with van der Waals surface area (Å²) < 4.78 is 38.8. The number of likely N-dealkylation sites (N-methyl/N-ethyl adjacent to an activating group) is 2. The first-order valence-electron chi connectivity index (χ1n) is 5.80. The van der Waals surface area contributed by atoms with E-state index in [4.69, 9.17) is 5.11 Å². The molecule has 0 bridgehead atoms. The Labute approximate surface area is 117 Å². The molecule has 0 saturated heterocycles. The number of carboxylic acids is 1. The van der Waals surface area contributed by atoms with Gasteiger partial charge in [-0.2, -0.15) is 4.31 Å². The van der Waals surface area contributed by atoms with Gasteiger partial charge in [0.05, 0.1) is 10.5 Å². The molecule has 0 spiro atoms. The Morgan fingerprint density at radius 2 is 1.85 bits per heavy atom. The van der Waals surface area contributed by atoms with Crippen LogP contribution in [0.15, 0.2) is 23.1 Å². The summed E-state index contributed by atoms with van der Waals surface area (Å²) >= 11 is 0. The van der Waals surface area contributed by atoms with E-state index < -0.39 is 32.3 Å². The van der Waals surface area contributed by atoms with E-state index in [0.717, 1.165) is 22.5 Å². The molecule has 0 aliphatic rings. The molecule has 1 rings (SSSR count). The van der Waals surface area contributed by atoms with Gasteiger partial charge in [0.15, 0.2) is 0 Å². The third kappa shape index (κ3) is 3.75. The first-order valence-corrected chi connectivity index (χ1v) is 7.24. The van der Waals surface area contributed by atoms with E-state index in [1.165, 1.54) is 7.05 Å². The number of benzene rings is 1. The number of hydrogen-bond donors (Lipinski definition) is 1. The Kier molecular flexibility index (Phi) is 5.21. The van der Waals surface area contributed by atoms with Gasteiger partial charge in [-0.25, -0.2) is 17.6 Å². The van der Waals surface area contributed by atoms with E-state index in [0.29, 0.717) is 6.54 Å². The fourth-order valence-electron chi connectivity index (χ4n) is 1.52. The van der Waals surface area contributed by atoms with E-state index in [1.807, 2.05) is 0 Å². The van der Waals surface area contributed by atoms with Crippen LogP contribution in [-0.2, 0) is 10.0 Å². The molecule has 0 radical (unpaired) electrons. The lowest BCUT2D eigenvalue weighted by Gasteiger charge is -2.20. The molecule has 20 heavy (non-hydrogen) atoms. The monoisotopic (exact) mass is 304 g/mol. The van der Waals surface area contributed by atoms with Crippen molar-refractivity contribution in [2.24, 2.45) is 0 Å². The summed E-state index contributed by atoms with van der Waals surface area (Å²) in [7, 11) is 0.848. The first-order chi connectivity index (χ1) is 9.16. The van der Waals surface area contributed by atoms with Gasteiger partial charge in [0.1, 0.15) is 5.82 Å². The van der Waals surface area contributed by atoms with Gasteiger partial charge in [0, 0.05) is 20.1 Å². The van der Waals surface area contributed by atoms with Gasteiger partial charge in [-0.1, -0.05) is 0 Å². The van der Waals surface area contributed by atoms with Crippen molar-refractivity contribution < 1.29 is 22.7 Å². The molecule has 0 aromatic heterocycles. The van der Waals surface area contributed by atoms with Crippen LogP contribution in [0.1, 0.15) is 10.4 Å². The molecule has 0 atom stereocenters. The minimum atomic E-state index is -4.05. The topological polar surface area (TPSA) is 77.9 Å². The van der Waals surface area contributed by atoms with Gasteiger partial charge >= 0.3 is 5.97 Å². The highest BCUT2D eigenvalue weighted by atomic mass is 32.2. The second-order valence-corrected chi connectivity index (χ2v) is 6.59. The van der Waals surface area contributed by atoms with Crippen molar-refractivity contribution in [3.05, 3.63) is 29.6 Å². The number of carbonyl (C=O) groups is 1. The fourth-order valence-corrected chi connectivity index (χ4v) is 2.87. The maximum Gasteiger partial charge on any atom is 0.337 e. The highest BCUT2D eigenvalue weighted by Crippen LogP contribution is 2.20. The van der Waals surface area contributed by atoms with Crippen molar-refractivity contribution in [3.8, 4) is 0 Å². The number of sulfonamides is 1. The third-order valence-corrected chi connectivity index (χ3v) is 4.62. The normalized spacial score (nSPS) is 12.1. The lowest BCUT2D eigenvalue weighted by atomic mass is 10.2. The molecule has 0 heterocycles. The molecule has 0 aliphatic carbocycles. The summed E-state index contributed by atoms with van der Waals surface area (Å²) in [5, 5.41) is 9.01. The fraction of sp³-hybridized carbons (Fsp3) is 0.417. The molecule has 1 aromatic carbocycles. The molecule has 0 saturated carbocycles. The molecule has 0 fully saturated rings. The number of hydrogen-bond acceptors (Lipinski definition) is 4. The van der Waals surface area contributed by atoms with Crippen LogP contribution in [0.25, 0.3) is 0 Å². The smallest absolute Gasteiger partial charge is 0.337 e. The van der Waals surface area contributed by atoms with Crippen LogP contribution >= 0.6 is 0 Å². The Morgan fingerprint density at radius 3 is 2.35 bits per heavy atom. The lowest BCUT2D eigenvalue weighted by Crippen LogP contribution is -2.34. The quantitative estimate of drug-likeness (QED) is 0.837. The average Bonchev–Trinajstić information content (AvgIpc) is 2.35. The minimum absolute atomic E-state index is 0.172. The molecule has 6 nitrogen and oxygen atoms in total. The highest BCUT2D eigenvalue weighted by molar-refractivity contribution is 7.89. The predicted octanol–water partition coefficient (Wildman–Crippen LogP) is 0.706. The Morgan fingerprint density at radius 1 is 1.25 bits per heavy atom. The maximum atomic E-state index is 13.2. The van der Waals surface area contributed by atoms with E-state index in [-0.39, 0.29) is 6.54 Å². The van der Waals surface area contributed by atoms with Crippen molar-refractivity contribution >= 4 is 16.0 Å². The molecule has 1 N–H and O–H groups in total. The Hall–Kier alpha value is -1.51. The van der Waals surface area contributed by atoms with Gasteiger partial charge in [0.25, 0.3) is 0 Å². The largest absolute Gasteiger partial charge is 0.478 e. The number of nitrogens with zero attached hydrogens (tertiary/aromatic N) is 2. The standard InChI is InChI=1S/C12H17FN2O4S/c1-14(2)6-7-15(3)20(18,19)11-8-9(13)4-5-10(11)12(16)17/h4-5,8H,6-7H2,1-3H3,(H,16,17). The lowest BCUT2D eigenvalue weighted by molar-refractivity contribution is 0.0692. The number of rotatable bonds is 6. The van der Waals surface area contributed by atoms with Crippen molar-refractivity contribution in [2.75, 3.05) is 34.2 Å². The Balaban J connectivity index is 3.21. The molecule has 8 heteroatoms.